The summed E-state index contributed by atoms with van der Waals surface area (Å²) in [7, 11) is 6.54. The Bertz CT molecular complexity index is 4190. The molecule has 0 aromatic carbocycles. The molecule has 30 heteroatoms. The third-order valence-corrected chi connectivity index (χ3v) is 29.3. The average Bonchev–Trinajstić information content (AvgIpc) is 1.60. The number of nitrogens with one attached hydrogen (secondary N) is 2. The highest BCUT2D eigenvalue weighted by atomic mass is 16.8. The number of fused-ring (bicyclic) bond motifs is 4. The van der Waals surface area contributed by atoms with E-state index in [0.29, 0.717) is 73.7 Å². The van der Waals surface area contributed by atoms with Crippen LogP contribution in [0.1, 0.15) is 195 Å². The number of amides is 2. The number of esters is 2. The summed E-state index contributed by atoms with van der Waals surface area (Å²) < 4.78 is 129. The normalized spacial score (nSPS) is 45.3. The smallest absolute Gasteiger partial charge is 0.316 e. The second-order valence-electron chi connectivity index (χ2n) is 39.2. The van der Waals surface area contributed by atoms with Crippen molar-refractivity contribution in [3.8, 4) is 0 Å². The molecule has 30 nitrogen and oxygen atoms in total. The third kappa shape index (κ3) is 22.2. The van der Waals surface area contributed by atoms with Gasteiger partial charge in [0.05, 0.1) is 111 Å². The minimum Gasteiger partial charge on any atom is -0.462 e. The number of carbonyl (C=O) groups is 4. The Kier molecular flexibility index (Phi) is 33.4. The Morgan fingerprint density at radius 1 is 0.481 bits per heavy atom. The fraction of sp³-hybridized carbons (Fsp3) is 0.758. The van der Waals surface area contributed by atoms with Gasteiger partial charge in [0.2, 0.25) is 11.8 Å². The molecule has 4 bridgehead atoms. The standard InChI is InChI=1S/C50H75NO14.C49H73NO14/c1-12-26(2)45-29(5)18-19-49(65-45)24-36-21-35(64-49)17-16-28(4)44(27(3)14-13-15-34-25-58-47-43(53)30(6)20-37(48(54)61-36)50(34,47)55)62-41-23-39(57-11)46(32(8)60-41)63-40-22-38(56-10)42(31(7)59-40)51-33(9)52;1-25(2)43-28(5)17-18-48(64-43)23-35-20-34(63-48)16-15-27(4)44(26(3)13-12-14-33-24-57-46-42(52)29(6)19-36(47(53)60-35)49(33,46)54)61-40-22-38(56-11)45(31(8)59-40)62-39-21-37(55-10)41(30(7)58-39)50-32(9)51/h13-16,18-20,26-27,29,31-32,35-47,53,55H,12,17,21-25H2,1-11H3,(H,51,52);12-15,17-19,25-26,28,30-31,34-46,52,54H,16,20-24H2,1-11H3,(H,50,51)/t26-,27-,29-,31-,32-,35+,36-,37-,38-,39-,40-,41-,42+,43+,44-,45+,46-,47+,49+,50+;26-,28-,30-,31-,34+,35-,36-,37-,38-,39-,40-,41+,42+,43+,44-,45-,46+,48+,49+/m00/s1. The van der Waals surface area contributed by atoms with E-state index in [4.69, 9.17) is 94.7 Å². The minimum atomic E-state index is -1.84. The van der Waals surface area contributed by atoms with Crippen molar-refractivity contribution < 1.29 is 134 Å². The van der Waals surface area contributed by atoms with Crippen LogP contribution in [0.25, 0.3) is 0 Å². The predicted molar refractivity (Wildman–Crippen MR) is 473 cm³/mol. The summed E-state index contributed by atoms with van der Waals surface area (Å²) in [6, 6.07) is -0.629. The van der Waals surface area contributed by atoms with Crippen molar-refractivity contribution in [1.29, 1.82) is 0 Å². The van der Waals surface area contributed by atoms with Gasteiger partial charge in [-0.25, -0.2) is 0 Å². The topological polar surface area (TPSA) is 358 Å². The first-order valence-corrected chi connectivity index (χ1v) is 47.2. The average molecular weight is 1810 g/mol. The van der Waals surface area contributed by atoms with Crippen LogP contribution in [-0.4, -0.2) is 280 Å². The Morgan fingerprint density at radius 2 is 0.853 bits per heavy atom. The Morgan fingerprint density at radius 3 is 1.23 bits per heavy atom. The summed E-state index contributed by atoms with van der Waals surface area (Å²) >= 11 is 0. The van der Waals surface area contributed by atoms with Crippen molar-refractivity contribution in [2.45, 2.75) is 390 Å². The van der Waals surface area contributed by atoms with Crippen LogP contribution >= 0.6 is 0 Å². The molecule has 39 atom stereocenters. The fourth-order valence-corrected chi connectivity index (χ4v) is 21.9. The highest BCUT2D eigenvalue weighted by molar-refractivity contribution is 5.80. The second-order valence-corrected chi connectivity index (χ2v) is 39.2. The molecule has 8 saturated heterocycles. The number of aliphatic hydroxyl groups excluding tert-OH is 2. The van der Waals surface area contributed by atoms with E-state index in [1.807, 2.05) is 78.0 Å². The van der Waals surface area contributed by atoms with Crippen LogP contribution in [0.3, 0.4) is 0 Å². The van der Waals surface area contributed by atoms with Gasteiger partial charge in [0.15, 0.2) is 36.7 Å². The maximum absolute atomic E-state index is 14.4. The highest BCUT2D eigenvalue weighted by Crippen LogP contribution is 2.51. The molecule has 0 saturated carbocycles. The Labute approximate surface area is 762 Å². The van der Waals surface area contributed by atoms with E-state index in [9.17, 15) is 39.6 Å². The van der Waals surface area contributed by atoms with Crippen LogP contribution in [0.15, 0.2) is 119 Å². The third-order valence-electron chi connectivity index (χ3n) is 29.3. The largest absolute Gasteiger partial charge is 0.462 e. The van der Waals surface area contributed by atoms with Crippen LogP contribution < -0.4 is 10.6 Å². The SMILES string of the molecule is CC[C@H](C)[C@H]1O[C@]2(C=C[C@@H]1C)C[C@@H]1C[C@@H](CC=C(C)[C@@H](O[C@H]3C[C@H](OC)[C@@H](O[C@H]4C[C@H](OC)[C@H](NC(C)=O)[C@H](C)O4)[C@H](C)O3)[C@@H](C)C=CC=C3CO[C@@H]4[C@H](O)C(C)=C[C@@H](C(=O)O1)[C@]34O)O2.CO[C@H]1C[C@H](O[C@H]2[C@H](C)O[C@@H](O[C@@H]3C(C)=CC[C@@H]4C[C@@H](C[C@]5(C=C[C@H](C)[C@@H](C(C)C)O5)O4)OC(=O)[C@@H]4C=C(C)[C@@H](O)[C@H]5OCC(=CC=C[C@@H]3C)[C@]54O)C[C@@H]2OC)O[C@@H](C)[C@H]1NC(C)=O. The number of hydrogen-bond donors (Lipinski definition) is 6. The molecule has 12 aliphatic heterocycles. The number of carbonyl (C=O) groups excluding carboxylic acids is 4. The number of hydrogen-bond acceptors (Lipinski definition) is 28. The number of rotatable bonds is 17. The molecule has 2 amide bonds. The second kappa shape index (κ2) is 42.8. The van der Waals surface area contributed by atoms with E-state index in [1.54, 1.807) is 66.6 Å². The zero-order valence-electron chi connectivity index (χ0n) is 79.6. The van der Waals surface area contributed by atoms with E-state index in [0.717, 1.165) is 17.6 Å². The molecule has 2 aliphatic carbocycles. The van der Waals surface area contributed by atoms with Gasteiger partial charge in [-0.05, 0) is 126 Å². The lowest BCUT2D eigenvalue weighted by Gasteiger charge is -2.48. The molecule has 129 heavy (non-hydrogen) atoms. The van der Waals surface area contributed by atoms with Gasteiger partial charge in [-0.2, -0.15) is 0 Å². The van der Waals surface area contributed by atoms with Gasteiger partial charge in [0.25, 0.3) is 0 Å². The van der Waals surface area contributed by atoms with Crippen molar-refractivity contribution >= 4 is 23.8 Å². The quantitative estimate of drug-likeness (QED) is 0.0582. The van der Waals surface area contributed by atoms with Crippen molar-refractivity contribution in [1.82, 2.24) is 10.6 Å². The fourth-order valence-electron chi connectivity index (χ4n) is 21.9. The first-order valence-electron chi connectivity index (χ1n) is 47.2. The van der Waals surface area contributed by atoms with E-state index in [2.05, 4.69) is 90.3 Å². The number of ether oxygens (including phenoxy) is 20. The summed E-state index contributed by atoms with van der Waals surface area (Å²) in [6.07, 6.45) is 17.9. The first-order chi connectivity index (χ1) is 61.2. The number of allylic oxidation sites excluding steroid dienone is 4. The summed E-state index contributed by atoms with van der Waals surface area (Å²) in [5, 5.41) is 53.4. The molecule has 722 valence electrons. The molecule has 0 aromatic rings. The summed E-state index contributed by atoms with van der Waals surface area (Å²) in [4.78, 5) is 52.5. The molecule has 0 unspecified atom stereocenters. The van der Waals surface area contributed by atoms with Gasteiger partial charge >= 0.3 is 11.9 Å². The molecular formula is C99H148N2O28. The molecule has 0 radical (unpaired) electrons. The van der Waals surface area contributed by atoms with Gasteiger partial charge in [-0.3, -0.25) is 19.2 Å². The highest BCUT2D eigenvalue weighted by Gasteiger charge is 2.63. The maximum Gasteiger partial charge on any atom is 0.316 e. The number of aliphatic hydroxyl groups is 4. The molecule has 0 aromatic heterocycles. The van der Waals surface area contributed by atoms with Crippen LogP contribution in [0.5, 0.6) is 0 Å². The molecule has 12 heterocycles. The van der Waals surface area contributed by atoms with Crippen LogP contribution in [0, 0.1) is 47.3 Å². The maximum atomic E-state index is 14.4. The van der Waals surface area contributed by atoms with Gasteiger partial charge in [-0.1, -0.05) is 135 Å². The van der Waals surface area contributed by atoms with E-state index < -0.39 is 169 Å². The zero-order chi connectivity index (χ0) is 93.2. The van der Waals surface area contributed by atoms with Crippen LogP contribution in [-0.2, 0) is 114 Å². The molecule has 14 aliphatic rings. The van der Waals surface area contributed by atoms with Crippen LogP contribution in [0.2, 0.25) is 0 Å². The Balaban J connectivity index is 0.000000220. The summed E-state index contributed by atoms with van der Waals surface area (Å²) in [6.45, 7) is 35.2. The van der Waals surface area contributed by atoms with E-state index >= 15 is 0 Å². The van der Waals surface area contributed by atoms with Gasteiger partial charge in [0, 0.05) is 117 Å². The van der Waals surface area contributed by atoms with Crippen molar-refractivity contribution in [3.63, 3.8) is 0 Å². The Hall–Kier alpha value is -5.60. The summed E-state index contributed by atoms with van der Waals surface area (Å²) in [5.41, 5.74) is 0.228. The lowest BCUT2D eigenvalue weighted by molar-refractivity contribution is -0.311. The summed E-state index contributed by atoms with van der Waals surface area (Å²) in [5.74, 6) is -5.56. The van der Waals surface area contributed by atoms with Crippen LogP contribution in [0.4, 0.5) is 0 Å². The van der Waals surface area contributed by atoms with Gasteiger partial charge < -0.3 is 126 Å². The lowest BCUT2D eigenvalue weighted by Crippen LogP contribution is -2.58. The molecule has 8 fully saturated rings. The van der Waals surface area contributed by atoms with Crippen molar-refractivity contribution in [2.24, 2.45) is 47.3 Å². The lowest BCUT2D eigenvalue weighted by atomic mass is 9.71. The minimum absolute atomic E-state index is 0.0266. The number of methoxy groups -OCH3 is 4. The van der Waals surface area contributed by atoms with Gasteiger partial charge in [0.1, 0.15) is 71.9 Å². The first kappa shape index (κ1) is 101. The van der Waals surface area contributed by atoms with E-state index in [-0.39, 0.29) is 122 Å². The van der Waals surface area contributed by atoms with E-state index in [1.165, 1.54) is 13.8 Å². The molecule has 14 rings (SSSR count). The predicted octanol–water partition coefficient (Wildman–Crippen LogP) is 10.7. The zero-order valence-corrected chi connectivity index (χ0v) is 79.6. The monoisotopic (exact) mass is 1810 g/mol. The molecule has 2 spiro atoms. The molecular weight excluding hydrogens is 1670 g/mol. The van der Waals surface area contributed by atoms with Crippen molar-refractivity contribution in [3.05, 3.63) is 119 Å². The van der Waals surface area contributed by atoms with Gasteiger partial charge in [-0.15, -0.1) is 0 Å². The van der Waals surface area contributed by atoms with Crippen molar-refractivity contribution in [2.75, 3.05) is 41.7 Å². The molecule has 6 N–H and O–H groups in total.